The van der Waals surface area contributed by atoms with Gasteiger partial charge >= 0.3 is 0 Å². The molecule has 1 aliphatic rings. The Hall–Kier alpha value is -0.660. The van der Waals surface area contributed by atoms with Gasteiger partial charge in [-0.05, 0) is 54.6 Å². The lowest BCUT2D eigenvalue weighted by Crippen LogP contribution is -2.58. The van der Waals surface area contributed by atoms with E-state index >= 15 is 0 Å². The van der Waals surface area contributed by atoms with E-state index < -0.39 is 5.54 Å². The molecule has 1 heterocycles. The first kappa shape index (κ1) is 14.7. The smallest absolute Gasteiger partial charge is 0.244 e. The molecule has 5 heteroatoms. The number of rotatable bonds is 3. The van der Waals surface area contributed by atoms with E-state index in [1.165, 1.54) is 0 Å². The molecular formula is C14H20IN3O. The number of benzene rings is 1. The number of halogens is 1. The third-order valence-corrected chi connectivity index (χ3v) is 4.22. The summed E-state index contributed by atoms with van der Waals surface area (Å²) in [6.45, 7) is 7.68. The van der Waals surface area contributed by atoms with Crippen molar-refractivity contribution >= 4 is 34.2 Å². The summed E-state index contributed by atoms with van der Waals surface area (Å²) in [6.07, 6.45) is 0. The summed E-state index contributed by atoms with van der Waals surface area (Å²) in [7, 11) is 0. The highest BCUT2D eigenvalue weighted by molar-refractivity contribution is 14.1. The lowest BCUT2D eigenvalue weighted by atomic mass is 10.0. The quantitative estimate of drug-likeness (QED) is 0.796. The van der Waals surface area contributed by atoms with Gasteiger partial charge in [-0.1, -0.05) is 6.07 Å². The van der Waals surface area contributed by atoms with Crippen LogP contribution in [0.5, 0.6) is 0 Å². The molecule has 0 aliphatic carbocycles. The fourth-order valence-corrected chi connectivity index (χ4v) is 2.76. The van der Waals surface area contributed by atoms with E-state index in [0.29, 0.717) is 0 Å². The second-order valence-corrected chi connectivity index (χ2v) is 6.51. The summed E-state index contributed by atoms with van der Waals surface area (Å²) < 4.78 is 1.12. The van der Waals surface area contributed by atoms with E-state index in [1.54, 1.807) is 0 Å². The second-order valence-electron chi connectivity index (χ2n) is 5.26. The van der Waals surface area contributed by atoms with E-state index in [1.807, 2.05) is 38.1 Å². The minimum absolute atomic E-state index is 0.0522. The van der Waals surface area contributed by atoms with Gasteiger partial charge in [0.2, 0.25) is 5.91 Å². The molecule has 0 unspecified atom stereocenters. The number of carbonyl (C=O) groups is 1. The number of hydrogen-bond acceptors (Lipinski definition) is 3. The van der Waals surface area contributed by atoms with Gasteiger partial charge in [-0.3, -0.25) is 9.69 Å². The molecule has 2 N–H and O–H groups in total. The zero-order valence-corrected chi connectivity index (χ0v) is 13.5. The molecule has 19 heavy (non-hydrogen) atoms. The Morgan fingerprint density at radius 2 is 2.05 bits per heavy atom. The standard InChI is InChI=1S/C14H20IN3O/c1-14(2,18-8-6-16-7-9-18)13(19)17-12-5-3-4-11(15)10-12/h3-5,10,16H,6-9H2,1-2H3,(H,17,19). The molecule has 1 aromatic rings. The SMILES string of the molecule is CC(C)(C(=O)Nc1cccc(I)c1)N1CCNCC1. The fourth-order valence-electron chi connectivity index (χ4n) is 2.22. The molecule has 1 fully saturated rings. The van der Waals surface area contributed by atoms with Gasteiger partial charge in [0.1, 0.15) is 0 Å². The van der Waals surface area contributed by atoms with E-state index in [-0.39, 0.29) is 5.91 Å². The zero-order chi connectivity index (χ0) is 13.9. The summed E-state index contributed by atoms with van der Waals surface area (Å²) in [5.74, 6) is 0.0522. The van der Waals surface area contributed by atoms with Crippen molar-refractivity contribution in [2.75, 3.05) is 31.5 Å². The first-order valence-corrected chi connectivity index (χ1v) is 7.61. The zero-order valence-electron chi connectivity index (χ0n) is 11.4. The topological polar surface area (TPSA) is 44.4 Å². The van der Waals surface area contributed by atoms with Crippen molar-refractivity contribution in [3.8, 4) is 0 Å². The van der Waals surface area contributed by atoms with Crippen molar-refractivity contribution in [3.63, 3.8) is 0 Å². The summed E-state index contributed by atoms with van der Waals surface area (Å²) in [6, 6.07) is 7.87. The number of anilines is 1. The van der Waals surface area contributed by atoms with Crippen LogP contribution in [0.15, 0.2) is 24.3 Å². The fraction of sp³-hybridized carbons (Fsp3) is 0.500. The van der Waals surface area contributed by atoms with E-state index in [0.717, 1.165) is 35.4 Å². The van der Waals surface area contributed by atoms with Gasteiger partial charge in [0.05, 0.1) is 5.54 Å². The largest absolute Gasteiger partial charge is 0.324 e. The first-order valence-electron chi connectivity index (χ1n) is 6.53. The van der Waals surface area contributed by atoms with Gasteiger partial charge in [-0.25, -0.2) is 0 Å². The molecule has 1 saturated heterocycles. The maximum Gasteiger partial charge on any atom is 0.244 e. The van der Waals surface area contributed by atoms with Gasteiger partial charge in [-0.2, -0.15) is 0 Å². The first-order chi connectivity index (χ1) is 9.00. The van der Waals surface area contributed by atoms with Crippen molar-refractivity contribution in [1.82, 2.24) is 10.2 Å². The van der Waals surface area contributed by atoms with E-state index in [2.05, 4.69) is 38.1 Å². The Bertz CT molecular complexity index is 456. The van der Waals surface area contributed by atoms with Crippen molar-refractivity contribution in [2.24, 2.45) is 0 Å². The van der Waals surface area contributed by atoms with Crippen LogP contribution in [0.4, 0.5) is 5.69 Å². The molecule has 4 nitrogen and oxygen atoms in total. The van der Waals surface area contributed by atoms with Crippen molar-refractivity contribution in [3.05, 3.63) is 27.8 Å². The van der Waals surface area contributed by atoms with Crippen LogP contribution in [0.2, 0.25) is 0 Å². The minimum Gasteiger partial charge on any atom is -0.324 e. The van der Waals surface area contributed by atoms with Crippen LogP contribution < -0.4 is 10.6 Å². The normalized spacial score (nSPS) is 17.2. The van der Waals surface area contributed by atoms with Crippen molar-refractivity contribution in [1.29, 1.82) is 0 Å². The molecule has 0 saturated carbocycles. The Kier molecular flexibility index (Phi) is 4.81. The molecule has 2 rings (SSSR count). The number of nitrogens with zero attached hydrogens (tertiary/aromatic N) is 1. The molecule has 1 aliphatic heterocycles. The van der Waals surface area contributed by atoms with Crippen LogP contribution in [0.3, 0.4) is 0 Å². The van der Waals surface area contributed by atoms with Crippen LogP contribution in [-0.2, 0) is 4.79 Å². The Labute approximate surface area is 128 Å². The van der Waals surface area contributed by atoms with Gasteiger partial charge in [0.15, 0.2) is 0 Å². The van der Waals surface area contributed by atoms with E-state index in [9.17, 15) is 4.79 Å². The van der Waals surface area contributed by atoms with Crippen LogP contribution in [0, 0.1) is 3.57 Å². The minimum atomic E-state index is -0.483. The molecule has 1 amide bonds. The Balaban J connectivity index is 2.05. The molecular weight excluding hydrogens is 353 g/mol. The van der Waals surface area contributed by atoms with Crippen LogP contribution in [0.1, 0.15) is 13.8 Å². The number of carbonyl (C=O) groups excluding carboxylic acids is 1. The van der Waals surface area contributed by atoms with Gasteiger partial charge in [0.25, 0.3) is 0 Å². The number of hydrogen-bond donors (Lipinski definition) is 2. The molecule has 0 atom stereocenters. The highest BCUT2D eigenvalue weighted by Crippen LogP contribution is 2.19. The van der Waals surface area contributed by atoms with Gasteiger partial charge in [0, 0.05) is 35.4 Å². The molecule has 0 radical (unpaired) electrons. The van der Waals surface area contributed by atoms with E-state index in [4.69, 9.17) is 0 Å². The monoisotopic (exact) mass is 373 g/mol. The van der Waals surface area contributed by atoms with Gasteiger partial charge in [-0.15, -0.1) is 0 Å². The lowest BCUT2D eigenvalue weighted by Gasteiger charge is -2.39. The molecule has 0 aromatic heterocycles. The highest BCUT2D eigenvalue weighted by Gasteiger charge is 2.35. The second kappa shape index (κ2) is 6.19. The summed E-state index contributed by atoms with van der Waals surface area (Å²) in [5, 5.41) is 6.32. The average molecular weight is 373 g/mol. The average Bonchev–Trinajstić information content (AvgIpc) is 2.39. The molecule has 104 valence electrons. The summed E-state index contributed by atoms with van der Waals surface area (Å²) >= 11 is 2.25. The third kappa shape index (κ3) is 3.67. The van der Waals surface area contributed by atoms with Crippen LogP contribution >= 0.6 is 22.6 Å². The summed E-state index contributed by atoms with van der Waals surface area (Å²) in [5.41, 5.74) is 0.378. The predicted molar refractivity (Wildman–Crippen MR) is 86.3 cm³/mol. The van der Waals surface area contributed by atoms with Gasteiger partial charge < -0.3 is 10.6 Å². The maximum absolute atomic E-state index is 12.5. The predicted octanol–water partition coefficient (Wildman–Crippen LogP) is 1.91. The molecule has 1 aromatic carbocycles. The van der Waals surface area contributed by atoms with Crippen LogP contribution in [-0.4, -0.2) is 42.5 Å². The lowest BCUT2D eigenvalue weighted by molar-refractivity contribution is -0.126. The molecule has 0 bridgehead atoms. The molecule has 0 spiro atoms. The summed E-state index contributed by atoms with van der Waals surface area (Å²) in [4.78, 5) is 14.7. The number of nitrogens with one attached hydrogen (secondary N) is 2. The maximum atomic E-state index is 12.5. The van der Waals surface area contributed by atoms with Crippen molar-refractivity contribution in [2.45, 2.75) is 19.4 Å². The Morgan fingerprint density at radius 1 is 1.37 bits per heavy atom. The number of amides is 1. The number of piperazine rings is 1. The Morgan fingerprint density at radius 3 is 2.68 bits per heavy atom. The highest BCUT2D eigenvalue weighted by atomic mass is 127. The van der Waals surface area contributed by atoms with Crippen molar-refractivity contribution < 1.29 is 4.79 Å². The van der Waals surface area contributed by atoms with Crippen LogP contribution in [0.25, 0.3) is 0 Å². The third-order valence-electron chi connectivity index (χ3n) is 3.55.